The first-order valence-corrected chi connectivity index (χ1v) is 10.3. The Morgan fingerprint density at radius 3 is 2.31 bits per heavy atom. The zero-order chi connectivity index (χ0) is 19.4. The van der Waals surface area contributed by atoms with Crippen LogP contribution < -0.4 is 9.44 Å². The van der Waals surface area contributed by atoms with Gasteiger partial charge in [0.05, 0.1) is 10.6 Å². The number of benzene rings is 2. The van der Waals surface area contributed by atoms with E-state index in [1.165, 1.54) is 19.1 Å². The highest BCUT2D eigenvalue weighted by Gasteiger charge is 2.38. The fourth-order valence-corrected chi connectivity index (χ4v) is 5.25. The number of nitrogens with zero attached hydrogens (tertiary/aromatic N) is 1. The van der Waals surface area contributed by atoms with Crippen molar-refractivity contribution in [1.82, 2.24) is 0 Å². The fourth-order valence-electron chi connectivity index (χ4n) is 2.94. The van der Waals surface area contributed by atoms with Gasteiger partial charge in [-0.3, -0.25) is 4.31 Å². The number of nitrogens with two attached hydrogens (primary N) is 1. The third-order valence-electron chi connectivity index (χ3n) is 4.07. The van der Waals surface area contributed by atoms with Crippen LogP contribution in [-0.4, -0.2) is 22.9 Å². The van der Waals surface area contributed by atoms with E-state index in [2.05, 4.69) is 0 Å². The average Bonchev–Trinajstić information content (AvgIpc) is 2.87. The van der Waals surface area contributed by atoms with E-state index in [0.29, 0.717) is 17.7 Å². The van der Waals surface area contributed by atoms with E-state index >= 15 is 0 Å². The lowest BCUT2D eigenvalue weighted by molar-refractivity contribution is 0.432. The van der Waals surface area contributed by atoms with E-state index in [0.717, 1.165) is 10.4 Å². The summed E-state index contributed by atoms with van der Waals surface area (Å²) < 4.78 is 90.0. The smallest absolute Gasteiger partial charge is 0.263 e. The number of primary sulfonamides is 1. The van der Waals surface area contributed by atoms with Gasteiger partial charge in [0, 0.05) is 6.04 Å². The van der Waals surface area contributed by atoms with Crippen LogP contribution in [0.25, 0.3) is 0 Å². The Hall–Kier alpha value is -2.11. The summed E-state index contributed by atoms with van der Waals surface area (Å²) in [6.45, 7) is 1.52. The highest BCUT2D eigenvalue weighted by Crippen LogP contribution is 2.38. The summed E-state index contributed by atoms with van der Waals surface area (Å²) in [5.41, 5.74) is 0.490. The lowest BCUT2D eigenvalue weighted by Gasteiger charge is -2.24. The molecule has 0 saturated carbocycles. The summed E-state index contributed by atoms with van der Waals surface area (Å²) in [5.74, 6) is -5.20. The van der Waals surface area contributed by atoms with Crippen LogP contribution in [0, 0.1) is 17.5 Å². The summed E-state index contributed by atoms with van der Waals surface area (Å²) in [5, 5.41) is 5.06. The van der Waals surface area contributed by atoms with Crippen molar-refractivity contribution in [3.05, 3.63) is 53.3 Å². The fraction of sp³-hybridized carbons (Fsp3) is 0.200. The minimum absolute atomic E-state index is 0.119. The second-order valence-corrected chi connectivity index (χ2v) is 9.21. The molecule has 2 N–H and O–H groups in total. The number of fused-ring (bicyclic) bond motifs is 1. The molecule has 11 heteroatoms. The van der Waals surface area contributed by atoms with Gasteiger partial charge >= 0.3 is 0 Å². The van der Waals surface area contributed by atoms with Crippen LogP contribution in [0.4, 0.5) is 18.9 Å². The van der Waals surface area contributed by atoms with Crippen LogP contribution in [0.15, 0.2) is 40.1 Å². The van der Waals surface area contributed by atoms with E-state index in [-0.39, 0.29) is 17.0 Å². The highest BCUT2D eigenvalue weighted by atomic mass is 32.2. The van der Waals surface area contributed by atoms with Gasteiger partial charge in [0.15, 0.2) is 17.5 Å². The monoisotopic (exact) mass is 406 g/mol. The molecule has 0 radical (unpaired) electrons. The van der Waals surface area contributed by atoms with Gasteiger partial charge in [0.2, 0.25) is 10.0 Å². The number of anilines is 1. The molecule has 0 bridgehead atoms. The van der Waals surface area contributed by atoms with E-state index in [9.17, 15) is 30.0 Å². The quantitative estimate of drug-likeness (QED) is 0.787. The molecule has 6 nitrogen and oxygen atoms in total. The summed E-state index contributed by atoms with van der Waals surface area (Å²) >= 11 is 0. The molecule has 2 aromatic carbocycles. The summed E-state index contributed by atoms with van der Waals surface area (Å²) in [4.78, 5) is -1.20. The maximum atomic E-state index is 14.0. The van der Waals surface area contributed by atoms with E-state index in [4.69, 9.17) is 5.14 Å². The molecule has 1 unspecified atom stereocenters. The molecule has 3 rings (SSSR count). The zero-order valence-corrected chi connectivity index (χ0v) is 14.9. The average molecular weight is 406 g/mol. The van der Waals surface area contributed by atoms with Crippen molar-refractivity contribution in [3.63, 3.8) is 0 Å². The second-order valence-electron chi connectivity index (χ2n) is 5.86. The molecule has 140 valence electrons. The van der Waals surface area contributed by atoms with Gasteiger partial charge in [-0.25, -0.2) is 35.1 Å². The zero-order valence-electron chi connectivity index (χ0n) is 13.3. The van der Waals surface area contributed by atoms with E-state index in [1.54, 1.807) is 0 Å². The van der Waals surface area contributed by atoms with Crippen molar-refractivity contribution in [2.24, 2.45) is 5.14 Å². The molecule has 0 aliphatic carbocycles. The Kier molecular flexibility index (Phi) is 4.28. The molecule has 1 aliphatic heterocycles. The summed E-state index contributed by atoms with van der Waals surface area (Å²) in [6.07, 6.45) is 0.142. The van der Waals surface area contributed by atoms with Crippen LogP contribution in [0.1, 0.15) is 12.5 Å². The first kappa shape index (κ1) is 18.7. The maximum absolute atomic E-state index is 14.0. The van der Waals surface area contributed by atoms with Gasteiger partial charge in [-0.05, 0) is 49.2 Å². The summed E-state index contributed by atoms with van der Waals surface area (Å²) in [7, 11) is -8.53. The predicted molar refractivity (Wildman–Crippen MR) is 87.0 cm³/mol. The van der Waals surface area contributed by atoms with Crippen LogP contribution in [-0.2, 0) is 26.5 Å². The topological polar surface area (TPSA) is 97.5 Å². The lowest BCUT2D eigenvalue weighted by Crippen LogP contribution is -2.36. The second kappa shape index (κ2) is 5.96. The first-order valence-electron chi connectivity index (χ1n) is 7.28. The molecule has 2 aromatic rings. The van der Waals surface area contributed by atoms with Gasteiger partial charge in [-0.2, -0.15) is 0 Å². The predicted octanol–water partition coefficient (Wildman–Crippen LogP) is 1.89. The van der Waals surface area contributed by atoms with E-state index in [1.807, 2.05) is 0 Å². The van der Waals surface area contributed by atoms with Crippen molar-refractivity contribution in [2.45, 2.75) is 29.2 Å². The standard InChI is InChI=1S/C15H13F3N2O4S2/c1-8-6-9-7-10(25(19,21)22)2-4-12(9)20(8)26(23,24)13-5-3-11(16)14(17)15(13)18/h2-5,7-8H,6H2,1H3,(H2,19,21,22). The molecule has 0 fully saturated rings. The third kappa shape index (κ3) is 2.85. The molecule has 1 atom stereocenters. The largest absolute Gasteiger partial charge is 0.267 e. The highest BCUT2D eigenvalue weighted by molar-refractivity contribution is 7.93. The lowest BCUT2D eigenvalue weighted by atomic mass is 10.1. The Bertz CT molecular complexity index is 1120. The molecule has 1 heterocycles. The Morgan fingerprint density at radius 1 is 1.04 bits per heavy atom. The van der Waals surface area contributed by atoms with Gasteiger partial charge in [0.1, 0.15) is 4.90 Å². The Balaban J connectivity index is 2.16. The van der Waals surface area contributed by atoms with Crippen molar-refractivity contribution < 1.29 is 30.0 Å². The normalized spacial score (nSPS) is 17.4. The van der Waals surface area contributed by atoms with Crippen LogP contribution in [0.2, 0.25) is 0 Å². The number of sulfonamides is 2. The van der Waals surface area contributed by atoms with Gasteiger partial charge in [-0.15, -0.1) is 0 Å². The van der Waals surface area contributed by atoms with E-state index < -0.39 is 48.4 Å². The SMILES string of the molecule is CC1Cc2cc(S(N)(=O)=O)ccc2N1S(=O)(=O)c1ccc(F)c(F)c1F. The molecule has 0 aromatic heterocycles. The third-order valence-corrected chi connectivity index (χ3v) is 6.93. The van der Waals surface area contributed by atoms with Crippen molar-refractivity contribution >= 4 is 25.7 Å². The van der Waals surface area contributed by atoms with Gasteiger partial charge in [-0.1, -0.05) is 0 Å². The molecular weight excluding hydrogens is 393 g/mol. The Morgan fingerprint density at radius 2 is 1.69 bits per heavy atom. The summed E-state index contributed by atoms with van der Waals surface area (Å²) in [6, 6.07) is 4.06. The first-order chi connectivity index (χ1) is 11.9. The van der Waals surface area contributed by atoms with Crippen molar-refractivity contribution in [3.8, 4) is 0 Å². The van der Waals surface area contributed by atoms with Gasteiger partial charge in [0.25, 0.3) is 10.0 Å². The Labute approximate surface area is 148 Å². The van der Waals surface area contributed by atoms with Crippen molar-refractivity contribution in [1.29, 1.82) is 0 Å². The number of hydrogen-bond acceptors (Lipinski definition) is 4. The minimum Gasteiger partial charge on any atom is -0.263 e. The molecular formula is C15H13F3N2O4S2. The molecule has 0 saturated heterocycles. The van der Waals surface area contributed by atoms with Crippen LogP contribution in [0.5, 0.6) is 0 Å². The number of hydrogen-bond donors (Lipinski definition) is 1. The molecule has 26 heavy (non-hydrogen) atoms. The van der Waals surface area contributed by atoms with Crippen molar-refractivity contribution in [2.75, 3.05) is 4.31 Å². The molecule has 0 amide bonds. The number of rotatable bonds is 3. The maximum Gasteiger partial charge on any atom is 0.267 e. The number of halogens is 3. The van der Waals surface area contributed by atoms with Gasteiger partial charge < -0.3 is 0 Å². The molecule has 0 spiro atoms. The van der Waals surface area contributed by atoms with Crippen LogP contribution >= 0.6 is 0 Å². The molecule has 1 aliphatic rings. The minimum atomic E-state index is -4.55. The van der Waals surface area contributed by atoms with Crippen LogP contribution in [0.3, 0.4) is 0 Å².